The lowest BCUT2D eigenvalue weighted by atomic mass is 10.2. The Labute approximate surface area is 169 Å². The van der Waals surface area contributed by atoms with Gasteiger partial charge < -0.3 is 19.9 Å². The normalized spacial score (nSPS) is 16.1. The molecule has 4 rings (SSSR count). The molecule has 7 nitrogen and oxygen atoms in total. The summed E-state index contributed by atoms with van der Waals surface area (Å²) in [6, 6.07) is 15.3. The lowest BCUT2D eigenvalue weighted by Gasteiger charge is -2.13. The highest BCUT2D eigenvalue weighted by molar-refractivity contribution is 5.91. The van der Waals surface area contributed by atoms with Crippen LogP contribution in [-0.4, -0.2) is 34.1 Å². The van der Waals surface area contributed by atoms with E-state index < -0.39 is 6.10 Å². The van der Waals surface area contributed by atoms with Crippen molar-refractivity contribution in [1.29, 1.82) is 0 Å². The van der Waals surface area contributed by atoms with E-state index in [2.05, 4.69) is 15.6 Å². The number of aromatic nitrogens is 2. The zero-order valence-electron chi connectivity index (χ0n) is 16.4. The van der Waals surface area contributed by atoms with Crippen molar-refractivity contribution in [3.63, 3.8) is 0 Å². The van der Waals surface area contributed by atoms with Gasteiger partial charge in [0.25, 0.3) is 0 Å². The van der Waals surface area contributed by atoms with Gasteiger partial charge in [-0.15, -0.1) is 0 Å². The average Bonchev–Trinajstić information content (AvgIpc) is 3.35. The van der Waals surface area contributed by atoms with Crippen molar-refractivity contribution in [1.82, 2.24) is 14.9 Å². The van der Waals surface area contributed by atoms with Crippen molar-refractivity contribution >= 4 is 28.5 Å². The first-order valence-corrected chi connectivity index (χ1v) is 9.80. The summed E-state index contributed by atoms with van der Waals surface area (Å²) in [5, 5.41) is 5.82. The summed E-state index contributed by atoms with van der Waals surface area (Å²) in [5.41, 5.74) is 3.48. The van der Waals surface area contributed by atoms with Gasteiger partial charge in [0.2, 0.25) is 11.8 Å². The number of nitrogens with one attached hydrogen (secondary N) is 2. The fourth-order valence-electron chi connectivity index (χ4n) is 3.57. The van der Waals surface area contributed by atoms with Crippen LogP contribution in [0.1, 0.15) is 24.2 Å². The molecule has 1 aliphatic rings. The Hall–Kier alpha value is -3.19. The molecule has 7 heteroatoms. The molecule has 1 aliphatic heterocycles. The van der Waals surface area contributed by atoms with Crippen molar-refractivity contribution in [3.05, 3.63) is 59.9 Å². The van der Waals surface area contributed by atoms with Crippen LogP contribution in [0.25, 0.3) is 11.0 Å². The number of fused-ring (bicyclic) bond motifs is 1. The summed E-state index contributed by atoms with van der Waals surface area (Å²) < 4.78 is 7.27. The molecule has 2 amide bonds. The maximum Gasteiger partial charge on any atom is 0.249 e. The highest BCUT2D eigenvalue weighted by Gasteiger charge is 2.24. The number of rotatable bonds is 6. The molecular formula is C22H24N4O3. The molecule has 0 bridgehead atoms. The standard InChI is InChI=1S/C22H24N4O3/c1-15-6-4-7-16(12-15)24-21(27)14-26-18-9-3-2-8-17(18)25-20(26)13-23-22(28)19-10-5-11-29-19/h2-4,6-9,12,19H,5,10-11,13-14H2,1H3,(H,23,28)(H,24,27). The molecule has 2 heterocycles. The van der Waals surface area contributed by atoms with Crippen molar-refractivity contribution < 1.29 is 14.3 Å². The maximum atomic E-state index is 12.7. The number of carbonyl (C=O) groups excluding carboxylic acids is 2. The summed E-state index contributed by atoms with van der Waals surface area (Å²) in [7, 11) is 0. The Kier molecular flexibility index (Phi) is 5.57. The van der Waals surface area contributed by atoms with Crippen molar-refractivity contribution in [2.75, 3.05) is 11.9 Å². The van der Waals surface area contributed by atoms with Gasteiger partial charge in [-0.05, 0) is 49.6 Å². The van der Waals surface area contributed by atoms with Gasteiger partial charge in [-0.2, -0.15) is 0 Å². The molecule has 150 valence electrons. The third-order valence-electron chi connectivity index (χ3n) is 4.98. The van der Waals surface area contributed by atoms with E-state index in [0.29, 0.717) is 12.4 Å². The number of para-hydroxylation sites is 2. The number of hydrogen-bond acceptors (Lipinski definition) is 4. The minimum atomic E-state index is -0.391. The Balaban J connectivity index is 1.51. The van der Waals surface area contributed by atoms with E-state index in [9.17, 15) is 9.59 Å². The molecule has 0 radical (unpaired) electrons. The van der Waals surface area contributed by atoms with Gasteiger partial charge in [-0.3, -0.25) is 9.59 Å². The number of ether oxygens (including phenoxy) is 1. The van der Waals surface area contributed by atoms with Crippen LogP contribution in [0.3, 0.4) is 0 Å². The van der Waals surface area contributed by atoms with Crippen LogP contribution in [0.4, 0.5) is 5.69 Å². The Morgan fingerprint density at radius 2 is 2.07 bits per heavy atom. The first-order chi connectivity index (χ1) is 14.1. The van der Waals surface area contributed by atoms with Crippen LogP contribution in [0.15, 0.2) is 48.5 Å². The van der Waals surface area contributed by atoms with E-state index >= 15 is 0 Å². The lowest BCUT2D eigenvalue weighted by molar-refractivity contribution is -0.130. The van der Waals surface area contributed by atoms with Crippen LogP contribution in [-0.2, 0) is 27.4 Å². The maximum absolute atomic E-state index is 12.7. The largest absolute Gasteiger partial charge is 0.368 e. The van der Waals surface area contributed by atoms with Gasteiger partial charge in [-0.25, -0.2) is 4.98 Å². The highest BCUT2D eigenvalue weighted by atomic mass is 16.5. The van der Waals surface area contributed by atoms with E-state index in [0.717, 1.165) is 35.1 Å². The van der Waals surface area contributed by atoms with E-state index in [-0.39, 0.29) is 24.9 Å². The number of nitrogens with zero attached hydrogens (tertiary/aromatic N) is 2. The van der Waals surface area contributed by atoms with Gasteiger partial charge in [-0.1, -0.05) is 24.3 Å². The Morgan fingerprint density at radius 3 is 2.86 bits per heavy atom. The quantitative estimate of drug-likeness (QED) is 0.676. The third-order valence-corrected chi connectivity index (χ3v) is 4.98. The van der Waals surface area contributed by atoms with Gasteiger partial charge in [0, 0.05) is 12.3 Å². The summed E-state index contributed by atoms with van der Waals surface area (Å²) in [5.74, 6) is 0.354. The number of anilines is 1. The molecule has 0 saturated carbocycles. The van der Waals surface area contributed by atoms with Crippen LogP contribution in [0.2, 0.25) is 0 Å². The van der Waals surface area contributed by atoms with Crippen LogP contribution >= 0.6 is 0 Å². The molecule has 2 N–H and O–H groups in total. The molecule has 1 saturated heterocycles. The molecule has 1 fully saturated rings. The lowest BCUT2D eigenvalue weighted by Crippen LogP contribution is -2.34. The first kappa shape index (κ1) is 19.1. The number of aryl methyl sites for hydroxylation is 1. The smallest absolute Gasteiger partial charge is 0.249 e. The zero-order valence-corrected chi connectivity index (χ0v) is 16.4. The van der Waals surface area contributed by atoms with Crippen LogP contribution in [0.5, 0.6) is 0 Å². The summed E-state index contributed by atoms with van der Waals surface area (Å²) in [6.07, 6.45) is 1.24. The monoisotopic (exact) mass is 392 g/mol. The van der Waals surface area contributed by atoms with Crippen molar-refractivity contribution in [3.8, 4) is 0 Å². The SMILES string of the molecule is Cc1cccc(NC(=O)Cn2c(CNC(=O)C3CCCO3)nc3ccccc32)c1. The second-order valence-electron chi connectivity index (χ2n) is 7.24. The number of carbonyl (C=O) groups is 2. The van der Waals surface area contributed by atoms with Gasteiger partial charge in [0.05, 0.1) is 17.6 Å². The average molecular weight is 392 g/mol. The fourth-order valence-corrected chi connectivity index (χ4v) is 3.57. The predicted octanol–water partition coefficient (Wildman–Crippen LogP) is 2.78. The predicted molar refractivity (Wildman–Crippen MR) is 110 cm³/mol. The summed E-state index contributed by atoms with van der Waals surface area (Å²) >= 11 is 0. The molecule has 0 aliphatic carbocycles. The topological polar surface area (TPSA) is 85.2 Å². The molecule has 2 aromatic carbocycles. The van der Waals surface area contributed by atoms with Crippen molar-refractivity contribution in [2.45, 2.75) is 39.0 Å². The van der Waals surface area contributed by atoms with Crippen LogP contribution < -0.4 is 10.6 Å². The Bertz CT molecular complexity index is 1040. The molecule has 3 aromatic rings. The number of benzene rings is 2. The second kappa shape index (κ2) is 8.45. The van der Waals surface area contributed by atoms with Gasteiger partial charge in [0.1, 0.15) is 18.5 Å². The Morgan fingerprint density at radius 1 is 1.21 bits per heavy atom. The molecular weight excluding hydrogens is 368 g/mol. The molecule has 1 atom stereocenters. The fraction of sp³-hybridized carbons (Fsp3) is 0.318. The number of hydrogen-bond donors (Lipinski definition) is 2. The molecule has 1 unspecified atom stereocenters. The van der Waals surface area contributed by atoms with Gasteiger partial charge >= 0.3 is 0 Å². The summed E-state index contributed by atoms with van der Waals surface area (Å²) in [4.78, 5) is 29.6. The van der Waals surface area contributed by atoms with Crippen molar-refractivity contribution in [2.24, 2.45) is 0 Å². The first-order valence-electron chi connectivity index (χ1n) is 9.80. The second-order valence-corrected chi connectivity index (χ2v) is 7.24. The highest BCUT2D eigenvalue weighted by Crippen LogP contribution is 2.18. The third kappa shape index (κ3) is 4.46. The van der Waals surface area contributed by atoms with E-state index in [1.165, 1.54) is 0 Å². The molecule has 1 aromatic heterocycles. The van der Waals surface area contributed by atoms with E-state index in [4.69, 9.17) is 4.74 Å². The van der Waals surface area contributed by atoms with E-state index in [1.54, 1.807) is 0 Å². The molecule has 29 heavy (non-hydrogen) atoms. The zero-order chi connectivity index (χ0) is 20.2. The minimum absolute atomic E-state index is 0.111. The number of imidazole rings is 1. The van der Waals surface area contributed by atoms with E-state index in [1.807, 2.05) is 60.0 Å². The summed E-state index contributed by atoms with van der Waals surface area (Å²) in [6.45, 7) is 2.95. The van der Waals surface area contributed by atoms with Crippen LogP contribution in [0, 0.1) is 6.92 Å². The number of amides is 2. The minimum Gasteiger partial charge on any atom is -0.368 e. The molecule has 0 spiro atoms. The van der Waals surface area contributed by atoms with Gasteiger partial charge in [0.15, 0.2) is 0 Å².